The van der Waals surface area contributed by atoms with Crippen molar-refractivity contribution in [1.82, 2.24) is 5.32 Å². The minimum atomic E-state index is -4.72. The monoisotopic (exact) mass is 319 g/mol. The normalized spacial score (nSPS) is 27.5. The molecule has 1 aliphatic carbocycles. The van der Waals surface area contributed by atoms with Crippen molar-refractivity contribution < 1.29 is 32.2 Å². The Labute approximate surface area is 124 Å². The molecular formula is C14H16F3NO4. The van der Waals surface area contributed by atoms with Gasteiger partial charge in [0.2, 0.25) is 5.76 Å². The molecule has 122 valence electrons. The summed E-state index contributed by atoms with van der Waals surface area (Å²) in [7, 11) is 0. The van der Waals surface area contributed by atoms with E-state index >= 15 is 0 Å². The fraction of sp³-hybridized carbons (Fsp3) is 0.643. The number of furan rings is 1. The van der Waals surface area contributed by atoms with E-state index in [1.165, 1.54) is 0 Å². The topological polar surface area (TPSA) is 71.7 Å². The molecule has 2 heterocycles. The van der Waals surface area contributed by atoms with Crippen molar-refractivity contribution in [2.45, 2.75) is 37.6 Å². The summed E-state index contributed by atoms with van der Waals surface area (Å²) in [5.41, 5.74) is -1.02. The van der Waals surface area contributed by atoms with Crippen molar-refractivity contribution in [3.8, 4) is 0 Å². The third kappa shape index (κ3) is 2.40. The second-order valence-corrected chi connectivity index (χ2v) is 5.78. The van der Waals surface area contributed by atoms with Crippen molar-refractivity contribution in [2.24, 2.45) is 5.41 Å². The maximum absolute atomic E-state index is 12.8. The molecule has 2 N–H and O–H groups in total. The number of carbonyl (C=O) groups excluding carboxylic acids is 1. The van der Waals surface area contributed by atoms with Crippen LogP contribution in [0.2, 0.25) is 0 Å². The number of nitrogens with one attached hydrogen (secondary N) is 1. The zero-order chi connectivity index (χ0) is 16.0. The van der Waals surface area contributed by atoms with Gasteiger partial charge < -0.3 is 19.6 Å². The van der Waals surface area contributed by atoms with E-state index in [2.05, 4.69) is 9.73 Å². The first kappa shape index (κ1) is 15.4. The number of hydrogen-bond donors (Lipinski definition) is 2. The summed E-state index contributed by atoms with van der Waals surface area (Å²) in [6.07, 6.45) is -2.94. The van der Waals surface area contributed by atoms with Gasteiger partial charge in [0.15, 0.2) is 0 Å². The predicted octanol–water partition coefficient (Wildman–Crippen LogP) is 1.96. The number of aliphatic hydroxyl groups excluding tert-OH is 1. The van der Waals surface area contributed by atoms with E-state index < -0.39 is 34.9 Å². The maximum Gasteiger partial charge on any atom is 0.450 e. The van der Waals surface area contributed by atoms with Crippen LogP contribution in [0.5, 0.6) is 0 Å². The van der Waals surface area contributed by atoms with Gasteiger partial charge in [0, 0.05) is 24.7 Å². The number of hydrogen-bond acceptors (Lipinski definition) is 4. The molecule has 0 radical (unpaired) electrons. The molecule has 22 heavy (non-hydrogen) atoms. The van der Waals surface area contributed by atoms with Gasteiger partial charge in [0.05, 0.1) is 17.9 Å². The molecular weight excluding hydrogens is 303 g/mol. The molecule has 0 unspecified atom stereocenters. The number of halogens is 3. The van der Waals surface area contributed by atoms with Crippen molar-refractivity contribution in [2.75, 3.05) is 13.2 Å². The molecule has 1 aliphatic heterocycles. The first-order chi connectivity index (χ1) is 10.3. The zero-order valence-electron chi connectivity index (χ0n) is 11.7. The highest BCUT2D eigenvalue weighted by atomic mass is 19.4. The van der Waals surface area contributed by atoms with Gasteiger partial charge in [-0.1, -0.05) is 0 Å². The highest BCUT2D eigenvalue weighted by molar-refractivity contribution is 5.95. The van der Waals surface area contributed by atoms with Gasteiger partial charge in [-0.3, -0.25) is 4.79 Å². The third-order valence-corrected chi connectivity index (χ3v) is 4.71. The van der Waals surface area contributed by atoms with E-state index in [1.807, 2.05) is 0 Å². The number of aliphatic hydroxyl groups is 1. The fourth-order valence-electron chi connectivity index (χ4n) is 3.34. The van der Waals surface area contributed by atoms with Crippen molar-refractivity contribution in [3.63, 3.8) is 0 Å². The van der Waals surface area contributed by atoms with E-state index in [4.69, 9.17) is 4.74 Å². The Morgan fingerprint density at radius 3 is 2.64 bits per heavy atom. The van der Waals surface area contributed by atoms with Crippen LogP contribution in [0.15, 0.2) is 16.7 Å². The Bertz CT molecular complexity index is 563. The average Bonchev–Trinajstić information content (AvgIpc) is 2.97. The van der Waals surface area contributed by atoms with Crippen LogP contribution < -0.4 is 5.32 Å². The summed E-state index contributed by atoms with van der Waals surface area (Å²) >= 11 is 0. The Kier molecular flexibility index (Phi) is 3.68. The van der Waals surface area contributed by atoms with Crippen LogP contribution in [0.1, 0.15) is 35.4 Å². The minimum Gasteiger partial charge on any atom is -0.459 e. The van der Waals surface area contributed by atoms with Crippen LogP contribution in [0, 0.1) is 5.41 Å². The highest BCUT2D eigenvalue weighted by Gasteiger charge is 2.55. The molecule has 1 saturated carbocycles. The van der Waals surface area contributed by atoms with Crippen LogP contribution in [0.25, 0.3) is 0 Å². The first-order valence-corrected chi connectivity index (χ1v) is 7.06. The Balaban J connectivity index is 1.74. The molecule has 2 aliphatic rings. The Morgan fingerprint density at radius 1 is 1.36 bits per heavy atom. The smallest absolute Gasteiger partial charge is 0.450 e. The van der Waals surface area contributed by atoms with E-state index in [9.17, 15) is 23.1 Å². The van der Waals surface area contributed by atoms with Gasteiger partial charge >= 0.3 is 6.18 Å². The summed E-state index contributed by atoms with van der Waals surface area (Å²) < 4.78 is 47.9. The molecule has 8 heteroatoms. The number of rotatable bonds is 2. The molecule has 2 fully saturated rings. The summed E-state index contributed by atoms with van der Waals surface area (Å²) in [5, 5.41) is 12.6. The largest absolute Gasteiger partial charge is 0.459 e. The van der Waals surface area contributed by atoms with Crippen LogP contribution in [-0.4, -0.2) is 36.4 Å². The second kappa shape index (κ2) is 5.27. The summed E-state index contributed by atoms with van der Waals surface area (Å²) in [5.74, 6) is -2.13. The van der Waals surface area contributed by atoms with Gasteiger partial charge in [-0.15, -0.1) is 0 Å². The molecule has 1 amide bonds. The standard InChI is InChI=1S/C14H16F3NO4/c15-14(16,17)11-8(1-4-22-11)12(20)18-9-7-10(19)13(9)2-5-21-6-3-13/h1,4,9-10,19H,2-3,5-7H2,(H,18,20)/t9-,10-/m1/s1. The van der Waals surface area contributed by atoms with Crippen LogP contribution in [-0.2, 0) is 10.9 Å². The molecule has 1 saturated heterocycles. The van der Waals surface area contributed by atoms with Crippen molar-refractivity contribution in [3.05, 3.63) is 23.7 Å². The lowest BCUT2D eigenvalue weighted by Gasteiger charge is -2.55. The summed E-state index contributed by atoms with van der Waals surface area (Å²) in [6, 6.07) is 0.652. The van der Waals surface area contributed by atoms with Crippen LogP contribution in [0.4, 0.5) is 13.2 Å². The van der Waals surface area contributed by atoms with Gasteiger partial charge in [0.25, 0.3) is 5.91 Å². The van der Waals surface area contributed by atoms with Gasteiger partial charge in [-0.2, -0.15) is 13.2 Å². The van der Waals surface area contributed by atoms with E-state index in [0.717, 1.165) is 12.3 Å². The average molecular weight is 319 g/mol. The van der Waals surface area contributed by atoms with Crippen LogP contribution >= 0.6 is 0 Å². The fourth-order valence-corrected chi connectivity index (χ4v) is 3.34. The second-order valence-electron chi connectivity index (χ2n) is 5.78. The minimum absolute atomic E-state index is 0.338. The first-order valence-electron chi connectivity index (χ1n) is 7.06. The molecule has 1 spiro atoms. The van der Waals surface area contributed by atoms with E-state index in [1.54, 1.807) is 0 Å². The molecule has 0 aromatic carbocycles. The third-order valence-electron chi connectivity index (χ3n) is 4.71. The molecule has 2 atom stereocenters. The molecule has 5 nitrogen and oxygen atoms in total. The van der Waals surface area contributed by atoms with Crippen molar-refractivity contribution in [1.29, 1.82) is 0 Å². The summed E-state index contributed by atoms with van der Waals surface area (Å²) in [6.45, 7) is 0.950. The quantitative estimate of drug-likeness (QED) is 0.874. The van der Waals surface area contributed by atoms with Crippen LogP contribution in [0.3, 0.4) is 0 Å². The number of ether oxygens (including phenoxy) is 1. The maximum atomic E-state index is 12.8. The number of alkyl halides is 3. The SMILES string of the molecule is O=C(N[C@@H]1C[C@@H](O)C12CCOCC2)c1ccoc1C(F)(F)F. The van der Waals surface area contributed by atoms with Gasteiger partial charge in [-0.05, 0) is 25.3 Å². The zero-order valence-corrected chi connectivity index (χ0v) is 11.7. The summed E-state index contributed by atoms with van der Waals surface area (Å²) in [4.78, 5) is 12.1. The molecule has 0 bridgehead atoms. The lowest BCUT2D eigenvalue weighted by Crippen LogP contribution is -2.65. The molecule has 3 rings (SSSR count). The van der Waals surface area contributed by atoms with E-state index in [-0.39, 0.29) is 6.04 Å². The molecule has 1 aromatic heterocycles. The van der Waals surface area contributed by atoms with Crippen molar-refractivity contribution >= 4 is 5.91 Å². The van der Waals surface area contributed by atoms with Gasteiger partial charge in [-0.25, -0.2) is 0 Å². The Morgan fingerprint density at radius 2 is 2.05 bits per heavy atom. The van der Waals surface area contributed by atoms with E-state index in [0.29, 0.717) is 32.5 Å². The van der Waals surface area contributed by atoms with Gasteiger partial charge in [0.1, 0.15) is 0 Å². The predicted molar refractivity (Wildman–Crippen MR) is 68.1 cm³/mol. The number of amides is 1. The number of carbonyl (C=O) groups is 1. The lowest BCUT2D eigenvalue weighted by molar-refractivity contribution is -0.153. The molecule has 1 aromatic rings. The highest BCUT2D eigenvalue weighted by Crippen LogP contribution is 2.49. The lowest BCUT2D eigenvalue weighted by atomic mass is 9.58. The Hall–Kier alpha value is -1.54.